The SMILES string of the molecule is CCNC(=NCc1sc(C)nc1C)NCC1CCCN(CC(C)C)C1. The lowest BCUT2D eigenvalue weighted by molar-refractivity contribution is 0.159. The number of nitrogens with zero attached hydrogens (tertiary/aromatic N) is 3. The molecular weight excluding hydrogens is 330 g/mol. The monoisotopic (exact) mass is 365 g/mol. The molecule has 6 heteroatoms. The number of hydrogen-bond acceptors (Lipinski definition) is 4. The van der Waals surface area contributed by atoms with Crippen LogP contribution in [0.1, 0.15) is 49.2 Å². The zero-order valence-electron chi connectivity index (χ0n) is 16.6. The minimum Gasteiger partial charge on any atom is -0.357 e. The van der Waals surface area contributed by atoms with Gasteiger partial charge in [-0.15, -0.1) is 11.3 Å². The Bertz CT molecular complexity index is 552. The van der Waals surface area contributed by atoms with Crippen LogP contribution >= 0.6 is 11.3 Å². The second kappa shape index (κ2) is 10.1. The van der Waals surface area contributed by atoms with Gasteiger partial charge in [0, 0.05) is 31.1 Å². The van der Waals surface area contributed by atoms with Crippen molar-refractivity contribution in [3.05, 3.63) is 15.6 Å². The Morgan fingerprint density at radius 2 is 2.16 bits per heavy atom. The standard InChI is InChI=1S/C19H35N5S/c1-6-20-19(22-11-18-15(4)23-16(5)25-18)21-10-17-8-7-9-24(13-17)12-14(2)3/h14,17H,6-13H2,1-5H3,(H2,20,21,22). The number of rotatable bonds is 7. The molecule has 1 saturated heterocycles. The lowest BCUT2D eigenvalue weighted by atomic mass is 9.97. The Kier molecular flexibility index (Phi) is 8.16. The predicted octanol–water partition coefficient (Wildman–Crippen LogP) is 3.18. The van der Waals surface area contributed by atoms with Gasteiger partial charge in [-0.05, 0) is 52.0 Å². The first-order valence-corrected chi connectivity index (χ1v) is 10.5. The van der Waals surface area contributed by atoms with Crippen LogP contribution in [0.4, 0.5) is 0 Å². The zero-order chi connectivity index (χ0) is 18.2. The van der Waals surface area contributed by atoms with Gasteiger partial charge in [-0.3, -0.25) is 0 Å². The van der Waals surface area contributed by atoms with Crippen molar-refractivity contribution in [2.45, 2.75) is 54.0 Å². The smallest absolute Gasteiger partial charge is 0.191 e. The second-order valence-electron chi connectivity index (χ2n) is 7.48. The highest BCUT2D eigenvalue weighted by Crippen LogP contribution is 2.18. The van der Waals surface area contributed by atoms with Gasteiger partial charge in [-0.2, -0.15) is 0 Å². The van der Waals surface area contributed by atoms with Crippen LogP contribution in [0.25, 0.3) is 0 Å². The summed E-state index contributed by atoms with van der Waals surface area (Å²) in [5, 5.41) is 8.05. The van der Waals surface area contributed by atoms with E-state index in [9.17, 15) is 0 Å². The van der Waals surface area contributed by atoms with Crippen LogP contribution in [-0.2, 0) is 6.54 Å². The summed E-state index contributed by atoms with van der Waals surface area (Å²) >= 11 is 1.75. The Morgan fingerprint density at radius 1 is 1.36 bits per heavy atom. The van der Waals surface area contributed by atoms with E-state index in [1.807, 2.05) is 0 Å². The molecule has 1 atom stereocenters. The van der Waals surface area contributed by atoms with Crippen LogP contribution in [0, 0.1) is 25.7 Å². The number of piperidine rings is 1. The summed E-state index contributed by atoms with van der Waals surface area (Å²) in [6.45, 7) is 17.1. The third kappa shape index (κ3) is 6.94. The third-order valence-corrected chi connectivity index (χ3v) is 5.57. The van der Waals surface area contributed by atoms with E-state index >= 15 is 0 Å². The van der Waals surface area contributed by atoms with Gasteiger partial charge >= 0.3 is 0 Å². The first-order chi connectivity index (χ1) is 12.0. The van der Waals surface area contributed by atoms with Gasteiger partial charge in [0.2, 0.25) is 0 Å². The van der Waals surface area contributed by atoms with Gasteiger partial charge < -0.3 is 15.5 Å². The van der Waals surface area contributed by atoms with E-state index in [2.05, 4.69) is 55.1 Å². The number of likely N-dealkylation sites (tertiary alicyclic amines) is 1. The molecule has 0 saturated carbocycles. The van der Waals surface area contributed by atoms with Crippen molar-refractivity contribution >= 4 is 17.3 Å². The summed E-state index contributed by atoms with van der Waals surface area (Å²) in [5.74, 6) is 2.38. The molecule has 0 spiro atoms. The van der Waals surface area contributed by atoms with Gasteiger partial charge in [0.05, 0.1) is 17.2 Å². The number of thiazole rings is 1. The molecule has 142 valence electrons. The molecule has 1 aromatic heterocycles. The summed E-state index contributed by atoms with van der Waals surface area (Å²) in [6.07, 6.45) is 2.63. The Morgan fingerprint density at radius 3 is 2.80 bits per heavy atom. The molecule has 2 N–H and O–H groups in total. The van der Waals surface area contributed by atoms with Crippen molar-refractivity contribution in [3.63, 3.8) is 0 Å². The summed E-state index contributed by atoms with van der Waals surface area (Å²) in [5.41, 5.74) is 1.11. The molecule has 2 rings (SSSR count). The molecule has 2 heterocycles. The minimum atomic E-state index is 0.705. The molecule has 1 aliphatic rings. The maximum atomic E-state index is 4.76. The molecule has 5 nitrogen and oxygen atoms in total. The average Bonchev–Trinajstić information content (AvgIpc) is 2.87. The van der Waals surface area contributed by atoms with Crippen LogP contribution in [-0.4, -0.2) is 48.6 Å². The number of nitrogens with one attached hydrogen (secondary N) is 2. The Hall–Kier alpha value is -1.14. The summed E-state index contributed by atoms with van der Waals surface area (Å²) < 4.78 is 0. The molecule has 0 bridgehead atoms. The maximum absolute atomic E-state index is 4.76. The van der Waals surface area contributed by atoms with Crippen molar-refractivity contribution in [2.75, 3.05) is 32.7 Å². The van der Waals surface area contributed by atoms with Gasteiger partial charge in [0.15, 0.2) is 5.96 Å². The fourth-order valence-electron chi connectivity index (χ4n) is 3.45. The molecule has 0 aliphatic carbocycles. The molecule has 1 fully saturated rings. The van der Waals surface area contributed by atoms with Crippen molar-refractivity contribution in [1.29, 1.82) is 0 Å². The van der Waals surface area contributed by atoms with Gasteiger partial charge in [0.1, 0.15) is 0 Å². The van der Waals surface area contributed by atoms with Crippen molar-refractivity contribution in [3.8, 4) is 0 Å². The van der Waals surface area contributed by atoms with Gasteiger partial charge in [0.25, 0.3) is 0 Å². The fourth-order valence-corrected chi connectivity index (χ4v) is 4.32. The van der Waals surface area contributed by atoms with Crippen LogP contribution in [0.2, 0.25) is 0 Å². The molecule has 25 heavy (non-hydrogen) atoms. The topological polar surface area (TPSA) is 52.6 Å². The quantitative estimate of drug-likeness (QED) is 0.576. The molecule has 0 amide bonds. The van der Waals surface area contributed by atoms with Crippen LogP contribution in [0.15, 0.2) is 4.99 Å². The molecule has 1 aromatic rings. The Balaban J connectivity index is 1.86. The van der Waals surface area contributed by atoms with Crippen molar-refractivity contribution in [1.82, 2.24) is 20.5 Å². The Labute approximate surface area is 157 Å². The van der Waals surface area contributed by atoms with E-state index in [1.165, 1.54) is 37.4 Å². The largest absolute Gasteiger partial charge is 0.357 e. The normalized spacial score (nSPS) is 19.4. The third-order valence-electron chi connectivity index (χ3n) is 4.51. The summed E-state index contributed by atoms with van der Waals surface area (Å²) in [6, 6.07) is 0. The van der Waals surface area contributed by atoms with Crippen LogP contribution in [0.5, 0.6) is 0 Å². The maximum Gasteiger partial charge on any atom is 0.191 e. The molecule has 0 radical (unpaired) electrons. The van der Waals surface area contributed by atoms with E-state index < -0.39 is 0 Å². The van der Waals surface area contributed by atoms with Crippen molar-refractivity contribution in [2.24, 2.45) is 16.8 Å². The lowest BCUT2D eigenvalue weighted by Crippen LogP contribution is -2.45. The number of hydrogen-bond donors (Lipinski definition) is 2. The zero-order valence-corrected chi connectivity index (χ0v) is 17.4. The van der Waals surface area contributed by atoms with Crippen LogP contribution in [0.3, 0.4) is 0 Å². The predicted molar refractivity (Wildman–Crippen MR) is 108 cm³/mol. The number of guanidine groups is 1. The van der Waals surface area contributed by atoms with E-state index in [0.717, 1.165) is 35.7 Å². The van der Waals surface area contributed by atoms with E-state index in [1.54, 1.807) is 11.3 Å². The lowest BCUT2D eigenvalue weighted by Gasteiger charge is -2.34. The number of aromatic nitrogens is 1. The first-order valence-electron chi connectivity index (χ1n) is 9.65. The van der Waals surface area contributed by atoms with E-state index in [4.69, 9.17) is 4.99 Å². The highest BCUT2D eigenvalue weighted by Gasteiger charge is 2.20. The van der Waals surface area contributed by atoms with E-state index in [0.29, 0.717) is 12.5 Å². The highest BCUT2D eigenvalue weighted by atomic mass is 32.1. The second-order valence-corrected chi connectivity index (χ2v) is 8.77. The average molecular weight is 366 g/mol. The van der Waals surface area contributed by atoms with Crippen molar-refractivity contribution < 1.29 is 0 Å². The van der Waals surface area contributed by atoms with Gasteiger partial charge in [-0.25, -0.2) is 9.98 Å². The molecule has 1 aliphatic heterocycles. The molecule has 1 unspecified atom stereocenters. The van der Waals surface area contributed by atoms with E-state index in [-0.39, 0.29) is 0 Å². The number of aliphatic imine (C=N–C) groups is 1. The highest BCUT2D eigenvalue weighted by molar-refractivity contribution is 7.11. The van der Waals surface area contributed by atoms with Crippen LogP contribution < -0.4 is 10.6 Å². The minimum absolute atomic E-state index is 0.705. The molecule has 0 aromatic carbocycles. The summed E-state index contributed by atoms with van der Waals surface area (Å²) in [4.78, 5) is 13.1. The fraction of sp³-hybridized carbons (Fsp3) is 0.789. The molecular formula is C19H35N5S. The summed E-state index contributed by atoms with van der Waals surface area (Å²) in [7, 11) is 0. The van der Waals surface area contributed by atoms with Gasteiger partial charge in [-0.1, -0.05) is 13.8 Å². The first kappa shape index (κ1) is 20.2. The number of aryl methyl sites for hydroxylation is 2.